The maximum Gasteiger partial charge on any atom is 0.251 e. The molecule has 0 radical (unpaired) electrons. The number of aromatic nitrogens is 1. The number of amides is 1. The maximum atomic E-state index is 12.5. The van der Waals surface area contributed by atoms with E-state index in [2.05, 4.69) is 49.6 Å². The number of fused-ring (bicyclic) bond motifs is 1. The van der Waals surface area contributed by atoms with E-state index in [9.17, 15) is 4.79 Å². The van der Waals surface area contributed by atoms with Crippen molar-refractivity contribution in [3.63, 3.8) is 0 Å². The van der Waals surface area contributed by atoms with Crippen LogP contribution in [0.3, 0.4) is 0 Å². The van der Waals surface area contributed by atoms with Crippen LogP contribution in [-0.2, 0) is 0 Å². The average Bonchev–Trinajstić information content (AvgIpc) is 3.37. The molecule has 0 spiro atoms. The lowest BCUT2D eigenvalue weighted by Crippen LogP contribution is -2.46. The molecule has 0 atom stereocenters. The molecule has 5 rings (SSSR count). The minimum absolute atomic E-state index is 0. The van der Waals surface area contributed by atoms with Crippen molar-refractivity contribution < 1.29 is 4.79 Å². The third-order valence-electron chi connectivity index (χ3n) is 6.38. The summed E-state index contributed by atoms with van der Waals surface area (Å²) in [6.45, 7) is 5.84. The third-order valence-corrected chi connectivity index (χ3v) is 7.20. The summed E-state index contributed by atoms with van der Waals surface area (Å²) in [5.74, 6) is 1.08. The highest BCUT2D eigenvalue weighted by Crippen LogP contribution is 2.29. The molecule has 1 aromatic heterocycles. The van der Waals surface area contributed by atoms with Gasteiger partial charge < -0.3 is 10.2 Å². The van der Waals surface area contributed by atoms with Crippen LogP contribution in [0.1, 0.15) is 23.2 Å². The molecule has 2 heterocycles. The normalized spacial score (nSPS) is 14.1. The van der Waals surface area contributed by atoms with E-state index < -0.39 is 0 Å². The Morgan fingerprint density at radius 1 is 0.838 bits per heavy atom. The molecule has 1 aliphatic rings. The third kappa shape index (κ3) is 7.13. The molecule has 192 valence electrons. The van der Waals surface area contributed by atoms with Gasteiger partial charge in [0.15, 0.2) is 0 Å². The number of halogens is 1. The average molecular weight is 535 g/mol. The van der Waals surface area contributed by atoms with Crippen molar-refractivity contribution in [1.29, 1.82) is 0 Å². The van der Waals surface area contributed by atoms with Crippen LogP contribution >= 0.6 is 23.9 Å². The Kier molecular flexibility index (Phi) is 9.59. The highest BCUT2D eigenvalue weighted by Gasteiger charge is 2.20. The Morgan fingerprint density at radius 3 is 2.27 bits per heavy atom. The zero-order valence-electron chi connectivity index (χ0n) is 20.6. The molecular formula is C28H31ClN6OS. The Labute approximate surface area is 227 Å². The fourth-order valence-corrected chi connectivity index (χ4v) is 5.13. The highest BCUT2D eigenvalue weighted by atomic mass is 35.5. The zero-order chi connectivity index (χ0) is 24.6. The van der Waals surface area contributed by atoms with Crippen molar-refractivity contribution in [2.24, 2.45) is 10.2 Å². The molecule has 1 fully saturated rings. The number of hydrogen-bond donors (Lipinski definition) is 1. The summed E-state index contributed by atoms with van der Waals surface area (Å²) < 4.78 is 5.95. The standard InChI is InChI=1S/C28H30N6OS.ClH/c35-28(22-12-14-24(15-13-22)31-30-23-8-2-1-3-9-23)29-16-6-7-17-33-18-20-34(21-19-33)27-25-10-4-5-11-26(25)36-32-27;/h1-5,8-15H,6-7,16-21H2,(H,29,35);1H. The molecule has 1 saturated heterocycles. The SMILES string of the molecule is Cl.O=C(NCCCCN1CCN(c2nsc3ccccc23)CC1)c1ccc(N=Nc2ccccc2)cc1. The van der Waals surface area contributed by atoms with Crippen molar-refractivity contribution in [3.8, 4) is 0 Å². The summed E-state index contributed by atoms with van der Waals surface area (Å²) in [7, 11) is 0. The first-order valence-corrected chi connectivity index (χ1v) is 13.2. The van der Waals surface area contributed by atoms with Crippen molar-refractivity contribution in [1.82, 2.24) is 14.6 Å². The van der Waals surface area contributed by atoms with Crippen LogP contribution in [0.15, 0.2) is 89.1 Å². The van der Waals surface area contributed by atoms with Crippen LogP contribution < -0.4 is 10.2 Å². The number of nitrogens with one attached hydrogen (secondary N) is 1. The van der Waals surface area contributed by atoms with Crippen molar-refractivity contribution in [2.75, 3.05) is 44.2 Å². The minimum Gasteiger partial charge on any atom is -0.353 e. The number of carbonyl (C=O) groups excluding carboxylic acids is 1. The van der Waals surface area contributed by atoms with E-state index >= 15 is 0 Å². The summed E-state index contributed by atoms with van der Waals surface area (Å²) in [4.78, 5) is 17.4. The molecule has 0 saturated carbocycles. The number of rotatable bonds is 9. The van der Waals surface area contributed by atoms with Gasteiger partial charge in [-0.25, -0.2) is 0 Å². The predicted molar refractivity (Wildman–Crippen MR) is 154 cm³/mol. The number of unbranched alkanes of at least 4 members (excludes halogenated alkanes) is 1. The molecule has 0 aliphatic carbocycles. The Morgan fingerprint density at radius 2 is 1.51 bits per heavy atom. The van der Waals surface area contributed by atoms with Crippen molar-refractivity contribution >= 4 is 57.1 Å². The topological polar surface area (TPSA) is 73.2 Å². The molecule has 1 amide bonds. The Bertz CT molecular complexity index is 1300. The van der Waals surface area contributed by atoms with Crippen LogP contribution in [-0.4, -0.2) is 54.4 Å². The monoisotopic (exact) mass is 534 g/mol. The largest absolute Gasteiger partial charge is 0.353 e. The molecule has 7 nitrogen and oxygen atoms in total. The molecule has 1 N–H and O–H groups in total. The number of azo groups is 1. The zero-order valence-corrected chi connectivity index (χ0v) is 22.3. The fourth-order valence-electron chi connectivity index (χ4n) is 4.34. The summed E-state index contributed by atoms with van der Waals surface area (Å²) in [5, 5.41) is 12.7. The lowest BCUT2D eigenvalue weighted by molar-refractivity contribution is 0.0952. The smallest absolute Gasteiger partial charge is 0.251 e. The summed E-state index contributed by atoms with van der Waals surface area (Å²) in [6.07, 6.45) is 2.03. The first kappa shape index (κ1) is 26.7. The molecule has 4 aromatic rings. The van der Waals surface area contributed by atoms with Gasteiger partial charge in [0.1, 0.15) is 5.82 Å². The van der Waals surface area contributed by atoms with Crippen LogP contribution in [0.5, 0.6) is 0 Å². The first-order chi connectivity index (χ1) is 17.8. The van der Waals surface area contributed by atoms with Gasteiger partial charge in [-0.15, -0.1) is 12.4 Å². The van der Waals surface area contributed by atoms with Gasteiger partial charge >= 0.3 is 0 Å². The van der Waals surface area contributed by atoms with E-state index in [0.717, 1.165) is 62.8 Å². The maximum absolute atomic E-state index is 12.5. The molecular weight excluding hydrogens is 504 g/mol. The molecule has 0 unspecified atom stereocenters. The lowest BCUT2D eigenvalue weighted by Gasteiger charge is -2.35. The molecule has 1 aliphatic heterocycles. The van der Waals surface area contributed by atoms with E-state index in [1.54, 1.807) is 23.7 Å². The number of nitrogens with zero attached hydrogens (tertiary/aromatic N) is 5. The summed E-state index contributed by atoms with van der Waals surface area (Å²) in [6, 6.07) is 25.3. The van der Waals surface area contributed by atoms with Gasteiger partial charge in [0.25, 0.3) is 5.91 Å². The Balaban J connectivity index is 0.00000320. The van der Waals surface area contributed by atoms with E-state index in [4.69, 9.17) is 4.37 Å². The van der Waals surface area contributed by atoms with E-state index in [-0.39, 0.29) is 18.3 Å². The lowest BCUT2D eigenvalue weighted by atomic mass is 10.2. The fraction of sp³-hybridized carbons (Fsp3) is 0.286. The van der Waals surface area contributed by atoms with Crippen LogP contribution in [0, 0.1) is 0 Å². The highest BCUT2D eigenvalue weighted by molar-refractivity contribution is 7.13. The number of piperazine rings is 1. The molecule has 3 aromatic carbocycles. The van der Waals surface area contributed by atoms with E-state index in [0.29, 0.717) is 12.1 Å². The van der Waals surface area contributed by atoms with Gasteiger partial charge in [-0.3, -0.25) is 9.69 Å². The van der Waals surface area contributed by atoms with Gasteiger partial charge in [0, 0.05) is 43.7 Å². The van der Waals surface area contributed by atoms with Gasteiger partial charge in [-0.05, 0) is 79.4 Å². The van der Waals surface area contributed by atoms with Gasteiger partial charge in [0.2, 0.25) is 0 Å². The van der Waals surface area contributed by atoms with Gasteiger partial charge in [0.05, 0.1) is 16.1 Å². The quantitative estimate of drug-likeness (QED) is 0.197. The summed E-state index contributed by atoms with van der Waals surface area (Å²) >= 11 is 1.58. The second-order valence-electron chi connectivity index (χ2n) is 8.88. The van der Waals surface area contributed by atoms with Gasteiger partial charge in [-0.2, -0.15) is 14.6 Å². The number of anilines is 1. The second kappa shape index (κ2) is 13.3. The van der Waals surface area contributed by atoms with Crippen molar-refractivity contribution in [3.05, 3.63) is 84.4 Å². The van der Waals surface area contributed by atoms with Crippen LogP contribution in [0.2, 0.25) is 0 Å². The van der Waals surface area contributed by atoms with Crippen LogP contribution in [0.25, 0.3) is 10.1 Å². The van der Waals surface area contributed by atoms with Crippen LogP contribution in [0.4, 0.5) is 17.2 Å². The van der Waals surface area contributed by atoms with E-state index in [1.165, 1.54) is 10.1 Å². The second-order valence-corrected chi connectivity index (χ2v) is 9.68. The number of carbonyl (C=O) groups is 1. The Hall–Kier alpha value is -3.33. The first-order valence-electron chi connectivity index (χ1n) is 12.4. The predicted octanol–water partition coefficient (Wildman–Crippen LogP) is 6.47. The molecule has 37 heavy (non-hydrogen) atoms. The number of hydrogen-bond acceptors (Lipinski definition) is 7. The van der Waals surface area contributed by atoms with E-state index in [1.807, 2.05) is 42.5 Å². The summed E-state index contributed by atoms with van der Waals surface area (Å²) in [5.41, 5.74) is 2.16. The molecule has 9 heteroatoms. The molecule has 0 bridgehead atoms. The van der Waals surface area contributed by atoms with Gasteiger partial charge in [-0.1, -0.05) is 30.3 Å². The minimum atomic E-state index is -0.0503. The van der Waals surface area contributed by atoms with Crippen molar-refractivity contribution in [2.45, 2.75) is 12.8 Å². The number of benzene rings is 3.